The molecule has 2 heterocycles. The molecular weight excluding hydrogens is 354 g/mol. The van der Waals surface area contributed by atoms with Gasteiger partial charge in [0, 0.05) is 12.6 Å². The van der Waals surface area contributed by atoms with Crippen LogP contribution in [0.5, 0.6) is 0 Å². The third-order valence-electron chi connectivity index (χ3n) is 5.32. The summed E-state index contributed by atoms with van der Waals surface area (Å²) >= 11 is 1.68. The fourth-order valence-electron chi connectivity index (χ4n) is 3.69. The van der Waals surface area contributed by atoms with Crippen molar-refractivity contribution in [2.45, 2.75) is 51.6 Å². The lowest BCUT2D eigenvalue weighted by Crippen LogP contribution is -2.48. The van der Waals surface area contributed by atoms with Crippen LogP contribution in [0.4, 0.5) is 0 Å². The van der Waals surface area contributed by atoms with Gasteiger partial charge in [0.05, 0.1) is 18.1 Å². The van der Waals surface area contributed by atoms with Crippen LogP contribution in [-0.4, -0.2) is 38.5 Å². The van der Waals surface area contributed by atoms with Gasteiger partial charge in [-0.3, -0.25) is 0 Å². The summed E-state index contributed by atoms with van der Waals surface area (Å²) in [4.78, 5) is 4.74. The Labute approximate surface area is 155 Å². The highest BCUT2D eigenvalue weighted by Crippen LogP contribution is 2.23. The third-order valence-corrected chi connectivity index (χ3v) is 7.89. The van der Waals surface area contributed by atoms with Crippen molar-refractivity contribution in [3.05, 3.63) is 22.4 Å². The molecule has 1 aliphatic heterocycles. The molecule has 7 heteroatoms. The van der Waals surface area contributed by atoms with Crippen molar-refractivity contribution in [1.29, 1.82) is 0 Å². The largest absolute Gasteiger partial charge is 0.356 e. The molecule has 0 bridgehead atoms. The van der Waals surface area contributed by atoms with Crippen LogP contribution in [0.1, 0.15) is 44.6 Å². The Morgan fingerprint density at radius 1 is 1.32 bits per heavy atom. The van der Waals surface area contributed by atoms with Crippen LogP contribution in [0.15, 0.2) is 21.8 Å². The predicted molar refractivity (Wildman–Crippen MR) is 105 cm³/mol. The van der Waals surface area contributed by atoms with Crippen molar-refractivity contribution < 1.29 is 8.42 Å². The first-order valence-electron chi connectivity index (χ1n) is 9.28. The Kier molecular flexibility index (Phi) is 6.39. The van der Waals surface area contributed by atoms with Crippen LogP contribution >= 0.6 is 11.3 Å². The fraction of sp³-hybridized carbons (Fsp3) is 0.722. The van der Waals surface area contributed by atoms with Crippen LogP contribution in [0.3, 0.4) is 0 Å². The van der Waals surface area contributed by atoms with E-state index in [1.54, 1.807) is 11.3 Å². The van der Waals surface area contributed by atoms with Crippen molar-refractivity contribution in [3.8, 4) is 0 Å². The fourth-order valence-corrected chi connectivity index (χ4v) is 6.21. The van der Waals surface area contributed by atoms with Gasteiger partial charge in [0.2, 0.25) is 0 Å². The van der Waals surface area contributed by atoms with Gasteiger partial charge < -0.3 is 10.6 Å². The lowest BCUT2D eigenvalue weighted by Gasteiger charge is -2.31. The number of guanidine groups is 1. The Bertz CT molecular complexity index is 671. The summed E-state index contributed by atoms with van der Waals surface area (Å²) < 4.78 is 23.3. The summed E-state index contributed by atoms with van der Waals surface area (Å²) in [6.07, 6.45) is 5.77. The first-order valence-corrected chi connectivity index (χ1v) is 12.0. The molecule has 0 spiro atoms. The van der Waals surface area contributed by atoms with E-state index in [1.165, 1.54) is 31.2 Å². The first kappa shape index (κ1) is 18.7. The monoisotopic (exact) mass is 383 g/mol. The van der Waals surface area contributed by atoms with Crippen molar-refractivity contribution in [2.75, 3.05) is 18.1 Å². The topological polar surface area (TPSA) is 70.6 Å². The van der Waals surface area contributed by atoms with E-state index in [-0.39, 0.29) is 5.92 Å². The minimum Gasteiger partial charge on any atom is -0.356 e. The molecule has 2 aliphatic rings. The van der Waals surface area contributed by atoms with Gasteiger partial charge in [-0.25, -0.2) is 13.4 Å². The molecule has 1 aromatic heterocycles. The summed E-state index contributed by atoms with van der Waals surface area (Å²) in [6.45, 7) is 3.63. The Morgan fingerprint density at radius 2 is 2.16 bits per heavy atom. The predicted octanol–water partition coefficient (Wildman–Crippen LogP) is 2.80. The molecule has 5 nitrogen and oxygen atoms in total. The quantitative estimate of drug-likeness (QED) is 0.606. The number of hydrogen-bond donors (Lipinski definition) is 2. The van der Waals surface area contributed by atoms with E-state index < -0.39 is 9.84 Å². The summed E-state index contributed by atoms with van der Waals surface area (Å²) in [6, 6.07) is 2.55. The second-order valence-corrected chi connectivity index (χ2v) is 10.5. The Balaban J connectivity index is 1.60. The number of sulfone groups is 1. The summed E-state index contributed by atoms with van der Waals surface area (Å²) in [5.74, 6) is 2.30. The molecule has 3 rings (SSSR count). The van der Waals surface area contributed by atoms with E-state index in [1.807, 2.05) is 0 Å². The number of nitrogens with zero attached hydrogens (tertiary/aromatic N) is 1. The highest BCUT2D eigenvalue weighted by Gasteiger charge is 2.28. The molecule has 1 aromatic rings. The van der Waals surface area contributed by atoms with E-state index in [9.17, 15) is 8.42 Å². The number of nitrogens with one attached hydrogen (secondary N) is 2. The Hall–Kier alpha value is -1.08. The van der Waals surface area contributed by atoms with E-state index in [2.05, 4.69) is 34.4 Å². The summed E-state index contributed by atoms with van der Waals surface area (Å²) in [5.41, 5.74) is 1.21. The number of hydrogen-bond acceptors (Lipinski definition) is 4. The van der Waals surface area contributed by atoms with E-state index in [0.29, 0.717) is 36.6 Å². The summed E-state index contributed by atoms with van der Waals surface area (Å²) in [5, 5.41) is 11.2. The average molecular weight is 384 g/mol. The normalized spacial score (nSPS) is 29.5. The zero-order chi connectivity index (χ0) is 17.7. The van der Waals surface area contributed by atoms with Gasteiger partial charge in [-0.1, -0.05) is 19.8 Å². The molecule has 0 radical (unpaired) electrons. The van der Waals surface area contributed by atoms with Crippen molar-refractivity contribution >= 4 is 27.1 Å². The zero-order valence-electron chi connectivity index (χ0n) is 14.9. The lowest BCUT2D eigenvalue weighted by molar-refractivity contribution is 0.306. The van der Waals surface area contributed by atoms with Gasteiger partial charge in [0.1, 0.15) is 0 Å². The number of thiophene rings is 1. The molecule has 2 N–H and O–H groups in total. The van der Waals surface area contributed by atoms with Gasteiger partial charge in [-0.2, -0.15) is 11.3 Å². The van der Waals surface area contributed by atoms with E-state index in [4.69, 9.17) is 4.99 Å². The highest BCUT2D eigenvalue weighted by molar-refractivity contribution is 7.91. The number of aliphatic imine (C=N–C) groups is 1. The molecule has 0 amide bonds. The molecule has 3 atom stereocenters. The summed E-state index contributed by atoms with van der Waals surface area (Å²) in [7, 11) is -2.83. The smallest absolute Gasteiger partial charge is 0.191 e. The Morgan fingerprint density at radius 3 is 2.84 bits per heavy atom. The molecule has 2 fully saturated rings. The third kappa shape index (κ3) is 5.71. The second-order valence-electron chi connectivity index (χ2n) is 7.46. The van der Waals surface area contributed by atoms with Crippen molar-refractivity contribution in [3.63, 3.8) is 0 Å². The van der Waals surface area contributed by atoms with Crippen LogP contribution in [-0.2, 0) is 16.4 Å². The SMILES string of the molecule is CC1CCCCC1NC(=NCc1ccsc1)NCC1CCS(=O)(=O)C1. The maximum Gasteiger partial charge on any atom is 0.191 e. The van der Waals surface area contributed by atoms with Crippen LogP contribution in [0.25, 0.3) is 0 Å². The maximum absolute atomic E-state index is 11.7. The molecule has 140 valence electrons. The maximum atomic E-state index is 11.7. The standard InChI is InChI=1S/C18H29N3O2S2/c1-14-4-2-3-5-17(14)21-18(19-10-15-6-8-24-12-15)20-11-16-7-9-25(22,23)13-16/h6,8,12,14,16-17H,2-5,7,9-11,13H2,1H3,(H2,19,20,21). The number of rotatable bonds is 5. The molecule has 3 unspecified atom stereocenters. The van der Waals surface area contributed by atoms with Gasteiger partial charge >= 0.3 is 0 Å². The molecule has 25 heavy (non-hydrogen) atoms. The highest BCUT2D eigenvalue weighted by atomic mass is 32.2. The molecule has 1 saturated carbocycles. The average Bonchev–Trinajstić information content (AvgIpc) is 3.21. The van der Waals surface area contributed by atoms with Crippen LogP contribution in [0, 0.1) is 11.8 Å². The molecule has 0 aromatic carbocycles. The van der Waals surface area contributed by atoms with E-state index in [0.717, 1.165) is 12.4 Å². The van der Waals surface area contributed by atoms with Crippen LogP contribution in [0.2, 0.25) is 0 Å². The molecular formula is C18H29N3O2S2. The van der Waals surface area contributed by atoms with Crippen molar-refractivity contribution in [2.24, 2.45) is 16.8 Å². The van der Waals surface area contributed by atoms with E-state index >= 15 is 0 Å². The van der Waals surface area contributed by atoms with Crippen molar-refractivity contribution in [1.82, 2.24) is 10.6 Å². The van der Waals surface area contributed by atoms with Gasteiger partial charge in [0.25, 0.3) is 0 Å². The van der Waals surface area contributed by atoms with Gasteiger partial charge in [0.15, 0.2) is 15.8 Å². The molecule has 1 aliphatic carbocycles. The minimum atomic E-state index is -2.83. The van der Waals surface area contributed by atoms with Gasteiger partial charge in [-0.15, -0.1) is 0 Å². The second kappa shape index (κ2) is 8.54. The minimum absolute atomic E-state index is 0.196. The first-order chi connectivity index (χ1) is 12.0. The van der Waals surface area contributed by atoms with Gasteiger partial charge in [-0.05, 0) is 53.5 Å². The lowest BCUT2D eigenvalue weighted by atomic mass is 9.86. The molecule has 1 saturated heterocycles. The zero-order valence-corrected chi connectivity index (χ0v) is 16.5. The van der Waals surface area contributed by atoms with Crippen LogP contribution < -0.4 is 10.6 Å².